The SMILES string of the molecule is CCCC(=O)O[C@@]1(C(C)=O)[C@@H](C)C[C@H]2[C@@H]3CCC4=CC(=O)C=C[C@]4(C)[C@@]3(Cl)C(=O)C[C@@]21C. The van der Waals surface area contributed by atoms with E-state index in [0.717, 1.165) is 5.57 Å². The van der Waals surface area contributed by atoms with Crippen LogP contribution in [0, 0.1) is 28.6 Å². The van der Waals surface area contributed by atoms with E-state index < -0.39 is 21.3 Å². The molecule has 0 bridgehead atoms. The Bertz CT molecular complexity index is 965. The summed E-state index contributed by atoms with van der Waals surface area (Å²) in [4.78, 5) is 50.6. The van der Waals surface area contributed by atoms with E-state index in [9.17, 15) is 19.2 Å². The van der Waals surface area contributed by atoms with Crippen LogP contribution in [0.1, 0.15) is 73.1 Å². The lowest BCUT2D eigenvalue weighted by molar-refractivity contribution is -0.193. The van der Waals surface area contributed by atoms with Crippen molar-refractivity contribution in [3.05, 3.63) is 23.8 Å². The van der Waals surface area contributed by atoms with Gasteiger partial charge in [0.1, 0.15) is 4.87 Å². The molecule has 0 aromatic rings. The molecular formula is C26H33ClO5. The van der Waals surface area contributed by atoms with Crippen molar-refractivity contribution in [2.45, 2.75) is 83.6 Å². The van der Waals surface area contributed by atoms with Crippen molar-refractivity contribution in [1.82, 2.24) is 0 Å². The molecule has 0 unspecified atom stereocenters. The Morgan fingerprint density at radius 2 is 1.91 bits per heavy atom. The molecule has 174 valence electrons. The number of rotatable bonds is 4. The average Bonchev–Trinajstić information content (AvgIpc) is 2.92. The second-order valence-electron chi connectivity index (χ2n) is 10.7. The predicted molar refractivity (Wildman–Crippen MR) is 121 cm³/mol. The van der Waals surface area contributed by atoms with Crippen LogP contribution < -0.4 is 0 Å². The summed E-state index contributed by atoms with van der Waals surface area (Å²) in [7, 11) is 0. The van der Waals surface area contributed by atoms with Crippen molar-refractivity contribution in [1.29, 1.82) is 0 Å². The molecule has 0 saturated heterocycles. The smallest absolute Gasteiger partial charge is 0.306 e. The number of halogens is 1. The van der Waals surface area contributed by atoms with Gasteiger partial charge in [-0.25, -0.2) is 0 Å². The second-order valence-corrected chi connectivity index (χ2v) is 11.3. The van der Waals surface area contributed by atoms with Crippen molar-refractivity contribution < 1.29 is 23.9 Å². The summed E-state index contributed by atoms with van der Waals surface area (Å²) < 4.78 is 6.04. The Morgan fingerprint density at radius 1 is 1.22 bits per heavy atom. The fraction of sp³-hybridized carbons (Fsp3) is 0.692. The van der Waals surface area contributed by atoms with Crippen molar-refractivity contribution in [3.8, 4) is 0 Å². The van der Waals surface area contributed by atoms with Gasteiger partial charge in [0.15, 0.2) is 23.0 Å². The summed E-state index contributed by atoms with van der Waals surface area (Å²) in [6.07, 6.45) is 7.92. The van der Waals surface area contributed by atoms with Crippen LogP contribution in [0.25, 0.3) is 0 Å². The minimum absolute atomic E-state index is 0.0459. The zero-order valence-electron chi connectivity index (χ0n) is 19.6. The number of hydrogen-bond acceptors (Lipinski definition) is 5. The van der Waals surface area contributed by atoms with E-state index >= 15 is 0 Å². The molecule has 7 atom stereocenters. The fourth-order valence-corrected chi connectivity index (χ4v) is 8.25. The largest absolute Gasteiger partial charge is 0.450 e. The molecule has 3 saturated carbocycles. The Hall–Kier alpha value is -1.75. The third-order valence-corrected chi connectivity index (χ3v) is 10.1. The van der Waals surface area contributed by atoms with Gasteiger partial charge >= 0.3 is 5.97 Å². The fourth-order valence-electron chi connectivity index (χ4n) is 7.73. The number of carbonyl (C=O) groups is 4. The highest BCUT2D eigenvalue weighted by atomic mass is 35.5. The van der Waals surface area contributed by atoms with Gasteiger partial charge < -0.3 is 4.74 Å². The number of ketones is 3. The first-order valence-corrected chi connectivity index (χ1v) is 12.2. The van der Waals surface area contributed by atoms with Crippen LogP contribution in [0.3, 0.4) is 0 Å². The van der Waals surface area contributed by atoms with Crippen LogP contribution in [0.5, 0.6) is 0 Å². The topological polar surface area (TPSA) is 77.5 Å². The molecule has 4 aliphatic carbocycles. The van der Waals surface area contributed by atoms with E-state index in [1.54, 1.807) is 6.08 Å². The zero-order chi connectivity index (χ0) is 23.7. The maximum absolute atomic E-state index is 13.9. The summed E-state index contributed by atoms with van der Waals surface area (Å²) in [5.41, 5.74) is -1.97. The maximum atomic E-state index is 13.9. The van der Waals surface area contributed by atoms with Gasteiger partial charge in [-0.3, -0.25) is 19.2 Å². The van der Waals surface area contributed by atoms with Gasteiger partial charge in [-0.05, 0) is 56.6 Å². The Labute approximate surface area is 195 Å². The first kappa shape index (κ1) is 23.4. The molecule has 0 aromatic heterocycles. The molecule has 4 aliphatic rings. The van der Waals surface area contributed by atoms with Gasteiger partial charge in [-0.15, -0.1) is 11.6 Å². The van der Waals surface area contributed by atoms with Crippen molar-refractivity contribution in [2.24, 2.45) is 28.6 Å². The lowest BCUT2D eigenvalue weighted by Gasteiger charge is -2.61. The molecule has 0 spiro atoms. The molecule has 0 aromatic carbocycles. The standard InChI is InChI=1S/C26H33ClO5/c1-6-7-22(31)32-26(16(3)28)15(2)12-20-19-9-8-17-13-18(29)10-11-23(17,4)25(19,27)21(30)14-24(20,26)5/h10-11,13,15,19-20H,6-9,12,14H2,1-5H3/t15-,19-,20-,23-,24-,25-,26+/m0/s1. The number of allylic oxidation sites excluding steroid dienone is 4. The third-order valence-electron chi connectivity index (χ3n) is 9.20. The normalized spacial score (nSPS) is 44.9. The highest BCUT2D eigenvalue weighted by Crippen LogP contribution is 2.71. The van der Waals surface area contributed by atoms with E-state index in [1.807, 2.05) is 33.8 Å². The van der Waals surface area contributed by atoms with Crippen LogP contribution in [0.15, 0.2) is 23.8 Å². The van der Waals surface area contributed by atoms with Crippen molar-refractivity contribution in [2.75, 3.05) is 0 Å². The Balaban J connectivity index is 1.83. The average molecular weight is 461 g/mol. The molecule has 6 heteroatoms. The number of fused-ring (bicyclic) bond motifs is 5. The van der Waals surface area contributed by atoms with Crippen LogP contribution in [-0.2, 0) is 23.9 Å². The minimum Gasteiger partial charge on any atom is -0.450 e. The number of alkyl halides is 1. The highest BCUT2D eigenvalue weighted by Gasteiger charge is 2.76. The molecule has 0 amide bonds. The van der Waals surface area contributed by atoms with E-state index in [4.69, 9.17) is 16.3 Å². The molecule has 0 radical (unpaired) electrons. The molecule has 3 fully saturated rings. The molecule has 0 aliphatic heterocycles. The maximum Gasteiger partial charge on any atom is 0.306 e. The van der Waals surface area contributed by atoms with Gasteiger partial charge in [0.25, 0.3) is 0 Å². The van der Waals surface area contributed by atoms with Gasteiger partial charge in [-0.1, -0.05) is 39.3 Å². The number of hydrogen-bond donors (Lipinski definition) is 0. The first-order valence-electron chi connectivity index (χ1n) is 11.8. The van der Waals surface area contributed by atoms with Crippen molar-refractivity contribution in [3.63, 3.8) is 0 Å². The van der Waals surface area contributed by atoms with E-state index in [2.05, 4.69) is 0 Å². The molecule has 0 heterocycles. The van der Waals surface area contributed by atoms with Crippen LogP contribution in [-0.4, -0.2) is 33.8 Å². The summed E-state index contributed by atoms with van der Waals surface area (Å²) in [5, 5.41) is 0. The monoisotopic (exact) mass is 460 g/mol. The Morgan fingerprint density at radius 3 is 2.53 bits per heavy atom. The van der Waals surface area contributed by atoms with Crippen molar-refractivity contribution >= 4 is 34.9 Å². The van der Waals surface area contributed by atoms with Crippen LogP contribution >= 0.6 is 11.6 Å². The molecule has 4 rings (SSSR count). The van der Waals surface area contributed by atoms with Crippen LogP contribution in [0.4, 0.5) is 0 Å². The Kier molecular flexibility index (Phi) is 5.40. The molecule has 0 N–H and O–H groups in total. The van der Waals surface area contributed by atoms with E-state index in [0.29, 0.717) is 25.7 Å². The van der Waals surface area contributed by atoms with Gasteiger partial charge in [0, 0.05) is 29.6 Å². The zero-order valence-corrected chi connectivity index (χ0v) is 20.4. The van der Waals surface area contributed by atoms with E-state index in [1.165, 1.54) is 13.0 Å². The second kappa shape index (κ2) is 7.38. The minimum atomic E-state index is -1.33. The van der Waals surface area contributed by atoms with Gasteiger partial charge in [0.2, 0.25) is 0 Å². The van der Waals surface area contributed by atoms with Gasteiger partial charge in [-0.2, -0.15) is 0 Å². The summed E-state index contributed by atoms with van der Waals surface area (Å²) in [6.45, 7) is 9.24. The number of esters is 1. The number of carbonyl (C=O) groups excluding carboxylic acids is 4. The highest BCUT2D eigenvalue weighted by molar-refractivity contribution is 6.37. The lowest BCUT2D eigenvalue weighted by Crippen LogP contribution is -2.67. The number of Topliss-reactive ketones (excluding diaryl/α,β-unsaturated/α-hetero) is 2. The quantitative estimate of drug-likeness (QED) is 0.446. The molecular weight excluding hydrogens is 428 g/mol. The van der Waals surface area contributed by atoms with Gasteiger partial charge in [0.05, 0.1) is 0 Å². The van der Waals surface area contributed by atoms with Crippen LogP contribution in [0.2, 0.25) is 0 Å². The predicted octanol–water partition coefficient (Wildman–Crippen LogP) is 4.75. The first-order chi connectivity index (χ1) is 14.9. The summed E-state index contributed by atoms with van der Waals surface area (Å²) in [5.74, 6) is -1.21. The molecule has 32 heavy (non-hydrogen) atoms. The summed E-state index contributed by atoms with van der Waals surface area (Å²) in [6, 6.07) is 0. The lowest BCUT2D eigenvalue weighted by atomic mass is 9.46. The number of ether oxygens (including phenoxy) is 1. The summed E-state index contributed by atoms with van der Waals surface area (Å²) >= 11 is 7.35. The molecule has 5 nitrogen and oxygen atoms in total. The third kappa shape index (κ3) is 2.69. The van der Waals surface area contributed by atoms with E-state index in [-0.39, 0.29) is 53.9 Å².